The average molecular weight is 237 g/mol. The zero-order valence-electron chi connectivity index (χ0n) is 11.0. The molecule has 3 aliphatic rings. The molecular weight excluding hydrogens is 210 g/mol. The fourth-order valence-corrected chi connectivity index (χ4v) is 3.50. The first-order chi connectivity index (χ1) is 8.25. The third-order valence-corrected chi connectivity index (χ3v) is 5.00. The molecule has 3 heteroatoms. The topological polar surface area (TPSA) is 32.5 Å². The molecule has 3 rings (SSSR count). The van der Waals surface area contributed by atoms with Crippen LogP contribution in [0.1, 0.15) is 44.9 Å². The van der Waals surface area contributed by atoms with E-state index in [2.05, 4.69) is 9.80 Å². The van der Waals surface area contributed by atoms with Crippen molar-refractivity contribution in [2.24, 2.45) is 5.73 Å². The summed E-state index contributed by atoms with van der Waals surface area (Å²) in [7, 11) is 0. The summed E-state index contributed by atoms with van der Waals surface area (Å²) in [5, 5.41) is 0. The summed E-state index contributed by atoms with van der Waals surface area (Å²) in [6, 6.07) is 0.952. The Kier molecular flexibility index (Phi) is 3.42. The molecule has 17 heavy (non-hydrogen) atoms. The van der Waals surface area contributed by atoms with Crippen molar-refractivity contribution in [1.82, 2.24) is 9.80 Å². The molecule has 0 radical (unpaired) electrons. The molecule has 0 spiro atoms. The van der Waals surface area contributed by atoms with E-state index in [1.54, 1.807) is 0 Å². The standard InChI is InChI=1S/C14H27N3/c15-14(5-1-2-6-14)7-8-16-9-11-17(12-10-16)13-3-4-13/h13H,1-12,15H2. The van der Waals surface area contributed by atoms with Crippen LogP contribution in [-0.2, 0) is 0 Å². The van der Waals surface area contributed by atoms with Crippen molar-refractivity contribution >= 4 is 0 Å². The number of nitrogens with two attached hydrogens (primary N) is 1. The first kappa shape index (κ1) is 11.9. The van der Waals surface area contributed by atoms with E-state index in [0.717, 1.165) is 6.04 Å². The quantitative estimate of drug-likeness (QED) is 0.803. The van der Waals surface area contributed by atoms with Crippen molar-refractivity contribution in [2.45, 2.75) is 56.5 Å². The minimum absolute atomic E-state index is 0.188. The highest BCUT2D eigenvalue weighted by atomic mass is 15.3. The second-order valence-corrected chi connectivity index (χ2v) is 6.43. The van der Waals surface area contributed by atoms with Gasteiger partial charge in [0.05, 0.1) is 0 Å². The van der Waals surface area contributed by atoms with Crippen LogP contribution in [0.15, 0.2) is 0 Å². The van der Waals surface area contributed by atoms with Crippen LogP contribution in [0.5, 0.6) is 0 Å². The molecule has 2 saturated carbocycles. The highest BCUT2D eigenvalue weighted by Crippen LogP contribution is 2.31. The molecule has 0 aromatic rings. The molecule has 0 bridgehead atoms. The van der Waals surface area contributed by atoms with Gasteiger partial charge < -0.3 is 10.6 Å². The molecule has 1 saturated heterocycles. The van der Waals surface area contributed by atoms with Crippen molar-refractivity contribution in [3.63, 3.8) is 0 Å². The molecule has 3 fully saturated rings. The van der Waals surface area contributed by atoms with Crippen molar-refractivity contribution in [3.05, 3.63) is 0 Å². The summed E-state index contributed by atoms with van der Waals surface area (Å²) < 4.78 is 0. The number of hydrogen-bond donors (Lipinski definition) is 1. The van der Waals surface area contributed by atoms with Gasteiger partial charge >= 0.3 is 0 Å². The van der Waals surface area contributed by atoms with Crippen LogP contribution in [0.2, 0.25) is 0 Å². The van der Waals surface area contributed by atoms with Crippen LogP contribution < -0.4 is 5.73 Å². The minimum atomic E-state index is 0.188. The maximum absolute atomic E-state index is 6.42. The molecule has 0 amide bonds. The third kappa shape index (κ3) is 3.01. The van der Waals surface area contributed by atoms with E-state index >= 15 is 0 Å². The highest BCUT2D eigenvalue weighted by Gasteiger charge is 2.33. The monoisotopic (exact) mass is 237 g/mol. The first-order valence-electron chi connectivity index (χ1n) is 7.51. The lowest BCUT2D eigenvalue weighted by Crippen LogP contribution is -2.49. The van der Waals surface area contributed by atoms with E-state index in [4.69, 9.17) is 5.73 Å². The second kappa shape index (κ2) is 4.87. The fraction of sp³-hybridized carbons (Fsp3) is 1.00. The van der Waals surface area contributed by atoms with Crippen LogP contribution >= 0.6 is 0 Å². The lowest BCUT2D eigenvalue weighted by molar-refractivity contribution is 0.119. The molecule has 0 aromatic heterocycles. The number of rotatable bonds is 4. The van der Waals surface area contributed by atoms with Gasteiger partial charge in [0.2, 0.25) is 0 Å². The zero-order valence-corrected chi connectivity index (χ0v) is 11.0. The lowest BCUT2D eigenvalue weighted by atomic mass is 9.94. The Bertz CT molecular complexity index is 248. The van der Waals surface area contributed by atoms with E-state index in [1.165, 1.54) is 77.7 Å². The summed E-state index contributed by atoms with van der Waals surface area (Å²) >= 11 is 0. The lowest BCUT2D eigenvalue weighted by Gasteiger charge is -2.36. The maximum Gasteiger partial charge on any atom is 0.0166 e. The van der Waals surface area contributed by atoms with Gasteiger partial charge in [0.25, 0.3) is 0 Å². The van der Waals surface area contributed by atoms with E-state index in [0.29, 0.717) is 0 Å². The third-order valence-electron chi connectivity index (χ3n) is 5.00. The van der Waals surface area contributed by atoms with Gasteiger partial charge in [-0.05, 0) is 38.6 Å². The second-order valence-electron chi connectivity index (χ2n) is 6.43. The molecule has 0 atom stereocenters. The van der Waals surface area contributed by atoms with Crippen LogP contribution in [-0.4, -0.2) is 54.1 Å². The van der Waals surface area contributed by atoms with Crippen LogP contribution in [0.25, 0.3) is 0 Å². The summed E-state index contributed by atoms with van der Waals surface area (Å²) in [5.74, 6) is 0. The van der Waals surface area contributed by atoms with E-state index in [-0.39, 0.29) is 5.54 Å². The minimum Gasteiger partial charge on any atom is -0.325 e. The van der Waals surface area contributed by atoms with E-state index < -0.39 is 0 Å². The summed E-state index contributed by atoms with van der Waals surface area (Å²) in [6.07, 6.45) is 9.34. The highest BCUT2D eigenvalue weighted by molar-refractivity contribution is 4.91. The van der Waals surface area contributed by atoms with Gasteiger partial charge in [0, 0.05) is 37.8 Å². The molecule has 98 valence electrons. The Balaban J connectivity index is 1.38. The number of piperazine rings is 1. The fourth-order valence-electron chi connectivity index (χ4n) is 3.50. The summed E-state index contributed by atoms with van der Waals surface area (Å²) in [5.41, 5.74) is 6.61. The molecule has 0 unspecified atom stereocenters. The summed E-state index contributed by atoms with van der Waals surface area (Å²) in [6.45, 7) is 6.36. The number of hydrogen-bond acceptors (Lipinski definition) is 3. The molecule has 2 N–H and O–H groups in total. The van der Waals surface area contributed by atoms with Crippen molar-refractivity contribution in [2.75, 3.05) is 32.7 Å². The first-order valence-corrected chi connectivity index (χ1v) is 7.51. The largest absolute Gasteiger partial charge is 0.325 e. The van der Waals surface area contributed by atoms with E-state index in [1.807, 2.05) is 0 Å². The molecule has 0 aromatic carbocycles. The Morgan fingerprint density at radius 2 is 1.65 bits per heavy atom. The molecule has 3 nitrogen and oxygen atoms in total. The van der Waals surface area contributed by atoms with Crippen molar-refractivity contribution < 1.29 is 0 Å². The van der Waals surface area contributed by atoms with Gasteiger partial charge in [-0.15, -0.1) is 0 Å². The van der Waals surface area contributed by atoms with Gasteiger partial charge in [-0.1, -0.05) is 12.8 Å². The van der Waals surface area contributed by atoms with E-state index in [9.17, 15) is 0 Å². The molecule has 2 aliphatic carbocycles. The van der Waals surface area contributed by atoms with Crippen LogP contribution in [0.4, 0.5) is 0 Å². The van der Waals surface area contributed by atoms with Gasteiger partial charge in [-0.3, -0.25) is 4.90 Å². The zero-order chi connectivity index (χ0) is 11.7. The number of nitrogens with zero attached hydrogens (tertiary/aromatic N) is 2. The molecule has 1 aliphatic heterocycles. The Morgan fingerprint density at radius 3 is 2.24 bits per heavy atom. The smallest absolute Gasteiger partial charge is 0.0166 e. The SMILES string of the molecule is NC1(CCN2CCN(C3CC3)CC2)CCCC1. The van der Waals surface area contributed by atoms with Gasteiger partial charge in [-0.2, -0.15) is 0 Å². The summed E-state index contributed by atoms with van der Waals surface area (Å²) in [4.78, 5) is 5.32. The normalized spacial score (nSPS) is 30.9. The van der Waals surface area contributed by atoms with Gasteiger partial charge in [0.15, 0.2) is 0 Å². The Labute approximate surface area is 105 Å². The van der Waals surface area contributed by atoms with Crippen LogP contribution in [0, 0.1) is 0 Å². The van der Waals surface area contributed by atoms with Crippen LogP contribution in [0.3, 0.4) is 0 Å². The molecular formula is C14H27N3. The maximum atomic E-state index is 6.42. The van der Waals surface area contributed by atoms with Crippen molar-refractivity contribution in [3.8, 4) is 0 Å². The molecule has 1 heterocycles. The Hall–Kier alpha value is -0.120. The average Bonchev–Trinajstić information content (AvgIpc) is 3.11. The van der Waals surface area contributed by atoms with Crippen molar-refractivity contribution in [1.29, 1.82) is 0 Å². The van der Waals surface area contributed by atoms with Gasteiger partial charge in [0.1, 0.15) is 0 Å². The van der Waals surface area contributed by atoms with Gasteiger partial charge in [-0.25, -0.2) is 0 Å². The predicted molar refractivity (Wildman–Crippen MR) is 71.0 cm³/mol. The predicted octanol–water partition coefficient (Wildman–Crippen LogP) is 1.43. The Morgan fingerprint density at radius 1 is 1.00 bits per heavy atom.